The molecule has 1 aliphatic carbocycles. The SMILES string of the molecule is CC(C)c1c(O)nc(C2CCc3ccccc32)[nH]c1=O. The van der Waals surface area contributed by atoms with Gasteiger partial charge in [-0.15, -0.1) is 0 Å². The van der Waals surface area contributed by atoms with Gasteiger partial charge in [-0.25, -0.2) is 0 Å². The summed E-state index contributed by atoms with van der Waals surface area (Å²) in [5.41, 5.74) is 2.63. The third-order valence-electron chi connectivity index (χ3n) is 3.99. The lowest BCUT2D eigenvalue weighted by Crippen LogP contribution is -2.19. The molecule has 1 aromatic heterocycles. The van der Waals surface area contributed by atoms with Crippen molar-refractivity contribution >= 4 is 0 Å². The minimum Gasteiger partial charge on any atom is -0.493 e. The molecule has 1 unspecified atom stereocenters. The Bertz CT molecular complexity index is 704. The first kappa shape index (κ1) is 12.9. The molecule has 2 N–H and O–H groups in total. The average Bonchev–Trinajstić information content (AvgIpc) is 2.81. The molecule has 20 heavy (non-hydrogen) atoms. The van der Waals surface area contributed by atoms with Crippen molar-refractivity contribution in [2.75, 3.05) is 0 Å². The van der Waals surface area contributed by atoms with Gasteiger partial charge in [-0.1, -0.05) is 38.1 Å². The number of aromatic hydroxyl groups is 1. The Kier molecular flexibility index (Phi) is 3.08. The van der Waals surface area contributed by atoms with Crippen molar-refractivity contribution in [1.82, 2.24) is 9.97 Å². The maximum atomic E-state index is 12.1. The highest BCUT2D eigenvalue weighted by Gasteiger charge is 2.27. The van der Waals surface area contributed by atoms with E-state index in [0.717, 1.165) is 12.8 Å². The number of nitrogens with zero attached hydrogens (tertiary/aromatic N) is 1. The minimum absolute atomic E-state index is 0.0452. The lowest BCUT2D eigenvalue weighted by atomic mass is 10.00. The molecule has 2 aromatic rings. The molecule has 0 spiro atoms. The molecule has 1 atom stereocenters. The monoisotopic (exact) mass is 270 g/mol. The van der Waals surface area contributed by atoms with Crippen molar-refractivity contribution in [2.45, 2.75) is 38.5 Å². The summed E-state index contributed by atoms with van der Waals surface area (Å²) in [5, 5.41) is 10.0. The lowest BCUT2D eigenvalue weighted by Gasteiger charge is -2.13. The first-order chi connectivity index (χ1) is 9.58. The zero-order valence-electron chi connectivity index (χ0n) is 11.7. The molecule has 0 aliphatic heterocycles. The second-order valence-electron chi connectivity index (χ2n) is 5.63. The maximum Gasteiger partial charge on any atom is 0.258 e. The molecule has 0 amide bonds. The van der Waals surface area contributed by atoms with Gasteiger partial charge in [0.15, 0.2) is 0 Å². The van der Waals surface area contributed by atoms with Gasteiger partial charge in [-0.05, 0) is 29.9 Å². The zero-order chi connectivity index (χ0) is 14.3. The van der Waals surface area contributed by atoms with Crippen molar-refractivity contribution < 1.29 is 5.11 Å². The molecule has 1 aromatic carbocycles. The van der Waals surface area contributed by atoms with Gasteiger partial charge in [-0.2, -0.15) is 4.98 Å². The van der Waals surface area contributed by atoms with E-state index in [4.69, 9.17) is 0 Å². The number of nitrogens with one attached hydrogen (secondary N) is 1. The van der Waals surface area contributed by atoms with Gasteiger partial charge >= 0.3 is 0 Å². The van der Waals surface area contributed by atoms with Crippen molar-refractivity contribution in [3.05, 3.63) is 57.1 Å². The Labute approximate surface area is 117 Å². The molecule has 1 heterocycles. The van der Waals surface area contributed by atoms with Crippen molar-refractivity contribution in [3.8, 4) is 5.88 Å². The van der Waals surface area contributed by atoms with Gasteiger partial charge in [-0.3, -0.25) is 4.79 Å². The van der Waals surface area contributed by atoms with Crippen LogP contribution in [0.3, 0.4) is 0 Å². The molecular formula is C16H18N2O2. The van der Waals surface area contributed by atoms with Gasteiger partial charge < -0.3 is 10.1 Å². The molecule has 104 valence electrons. The third kappa shape index (κ3) is 2.01. The smallest absolute Gasteiger partial charge is 0.258 e. The Hall–Kier alpha value is -2.10. The van der Waals surface area contributed by atoms with Crippen LogP contribution in [0.4, 0.5) is 0 Å². The standard InChI is InChI=1S/C16H18N2O2/c1-9(2)13-15(19)17-14(18-16(13)20)12-8-7-10-5-3-4-6-11(10)12/h3-6,9,12H,7-8H2,1-2H3,(H2,17,18,19,20). The number of rotatable bonds is 2. The van der Waals surface area contributed by atoms with E-state index in [0.29, 0.717) is 11.4 Å². The summed E-state index contributed by atoms with van der Waals surface area (Å²) < 4.78 is 0. The largest absolute Gasteiger partial charge is 0.493 e. The van der Waals surface area contributed by atoms with Crippen molar-refractivity contribution in [1.29, 1.82) is 0 Å². The van der Waals surface area contributed by atoms with E-state index in [9.17, 15) is 9.90 Å². The maximum absolute atomic E-state index is 12.1. The number of hydrogen-bond donors (Lipinski definition) is 2. The highest BCUT2D eigenvalue weighted by molar-refractivity contribution is 5.39. The van der Waals surface area contributed by atoms with E-state index >= 15 is 0 Å². The lowest BCUT2D eigenvalue weighted by molar-refractivity contribution is 0.434. The molecule has 4 heteroatoms. The zero-order valence-corrected chi connectivity index (χ0v) is 11.7. The molecule has 0 saturated carbocycles. The number of benzene rings is 1. The predicted molar refractivity (Wildman–Crippen MR) is 77.2 cm³/mol. The average molecular weight is 270 g/mol. The molecule has 3 rings (SSSR count). The Morgan fingerprint density at radius 2 is 2.10 bits per heavy atom. The summed E-state index contributed by atoms with van der Waals surface area (Å²) in [5.74, 6) is 0.465. The fraction of sp³-hybridized carbons (Fsp3) is 0.375. The summed E-state index contributed by atoms with van der Waals surface area (Å²) >= 11 is 0. The van der Waals surface area contributed by atoms with E-state index in [-0.39, 0.29) is 23.3 Å². The fourth-order valence-electron chi connectivity index (χ4n) is 3.01. The molecule has 1 aliphatic rings. The first-order valence-corrected chi connectivity index (χ1v) is 6.98. The Morgan fingerprint density at radius 3 is 2.80 bits per heavy atom. The predicted octanol–water partition coefficient (Wildman–Crippen LogP) is 2.68. The number of aryl methyl sites for hydroxylation is 1. The van der Waals surface area contributed by atoms with Gasteiger partial charge in [0.25, 0.3) is 5.56 Å². The van der Waals surface area contributed by atoms with Gasteiger partial charge in [0.1, 0.15) is 5.82 Å². The number of H-pyrrole nitrogens is 1. The summed E-state index contributed by atoms with van der Waals surface area (Å²) in [4.78, 5) is 19.2. The first-order valence-electron chi connectivity index (χ1n) is 6.98. The molecule has 0 fully saturated rings. The number of aromatic amines is 1. The number of fused-ring (bicyclic) bond motifs is 1. The third-order valence-corrected chi connectivity index (χ3v) is 3.99. The second kappa shape index (κ2) is 4.78. The highest BCUT2D eigenvalue weighted by atomic mass is 16.3. The fourth-order valence-corrected chi connectivity index (χ4v) is 3.01. The second-order valence-corrected chi connectivity index (χ2v) is 5.63. The van der Waals surface area contributed by atoms with Gasteiger partial charge in [0.2, 0.25) is 5.88 Å². The van der Waals surface area contributed by atoms with Crippen LogP contribution < -0.4 is 5.56 Å². The summed E-state index contributed by atoms with van der Waals surface area (Å²) in [6, 6.07) is 8.20. The van der Waals surface area contributed by atoms with Crippen LogP contribution in [0.5, 0.6) is 5.88 Å². The normalized spacial score (nSPS) is 17.4. The topological polar surface area (TPSA) is 66.0 Å². The van der Waals surface area contributed by atoms with Crippen LogP contribution in [0, 0.1) is 0 Å². The number of aromatic nitrogens is 2. The van der Waals surface area contributed by atoms with E-state index in [1.165, 1.54) is 11.1 Å². The summed E-state index contributed by atoms with van der Waals surface area (Å²) in [7, 11) is 0. The highest BCUT2D eigenvalue weighted by Crippen LogP contribution is 2.36. The van der Waals surface area contributed by atoms with Crippen molar-refractivity contribution in [3.63, 3.8) is 0 Å². The summed E-state index contributed by atoms with van der Waals surface area (Å²) in [6.07, 6.45) is 1.90. The van der Waals surface area contributed by atoms with Crippen LogP contribution in [0.2, 0.25) is 0 Å². The quantitative estimate of drug-likeness (QED) is 0.881. The van der Waals surface area contributed by atoms with Gasteiger partial charge in [0.05, 0.1) is 5.56 Å². The van der Waals surface area contributed by atoms with Crippen LogP contribution in [-0.2, 0) is 6.42 Å². The molecule has 0 bridgehead atoms. The van der Waals surface area contributed by atoms with E-state index < -0.39 is 0 Å². The molecular weight excluding hydrogens is 252 g/mol. The Balaban J connectivity index is 2.07. The molecule has 4 nitrogen and oxygen atoms in total. The van der Waals surface area contributed by atoms with Crippen LogP contribution in [0.1, 0.15) is 54.6 Å². The van der Waals surface area contributed by atoms with Crippen LogP contribution in [0.25, 0.3) is 0 Å². The van der Waals surface area contributed by atoms with Gasteiger partial charge in [0, 0.05) is 5.92 Å². The van der Waals surface area contributed by atoms with E-state index in [1.807, 2.05) is 26.0 Å². The van der Waals surface area contributed by atoms with Crippen LogP contribution in [0.15, 0.2) is 29.1 Å². The van der Waals surface area contributed by atoms with Crippen molar-refractivity contribution in [2.24, 2.45) is 0 Å². The van der Waals surface area contributed by atoms with Crippen LogP contribution in [-0.4, -0.2) is 15.1 Å². The van der Waals surface area contributed by atoms with E-state index in [1.54, 1.807) is 0 Å². The molecule has 0 radical (unpaired) electrons. The molecule has 0 saturated heterocycles. The minimum atomic E-state index is -0.230. The Morgan fingerprint density at radius 1 is 1.35 bits per heavy atom. The van der Waals surface area contributed by atoms with E-state index in [2.05, 4.69) is 22.1 Å². The summed E-state index contributed by atoms with van der Waals surface area (Å²) in [6.45, 7) is 3.74. The van der Waals surface area contributed by atoms with Crippen LogP contribution >= 0.6 is 0 Å². The number of hydrogen-bond acceptors (Lipinski definition) is 3.